The summed E-state index contributed by atoms with van der Waals surface area (Å²) < 4.78 is 38.2. The molecule has 2 aromatic rings. The summed E-state index contributed by atoms with van der Waals surface area (Å²) in [5.41, 5.74) is 1.63. The fourth-order valence-electron chi connectivity index (χ4n) is 2.52. The summed E-state index contributed by atoms with van der Waals surface area (Å²) in [6.07, 6.45) is 1.15. The molecule has 0 aliphatic heterocycles. The summed E-state index contributed by atoms with van der Waals surface area (Å²) >= 11 is 1.54. The minimum atomic E-state index is -3.34. The van der Waals surface area contributed by atoms with Crippen molar-refractivity contribution in [3.63, 3.8) is 0 Å². The number of carbonyl (C=O) groups is 1. The minimum absolute atomic E-state index is 0.218. The molecule has 0 heterocycles. The number of anilines is 1. The van der Waals surface area contributed by atoms with E-state index in [1.54, 1.807) is 61.2 Å². The molecule has 0 aromatic heterocycles. The predicted molar refractivity (Wildman–Crippen MR) is 109 cm³/mol. The molecule has 0 saturated carbocycles. The zero-order valence-corrected chi connectivity index (χ0v) is 16.9. The van der Waals surface area contributed by atoms with Crippen LogP contribution in [0, 0.1) is 5.82 Å². The number of hydrogen-bond donors (Lipinski definition) is 1. The molecule has 0 bridgehead atoms. The second-order valence-corrected chi connectivity index (χ2v) is 8.89. The molecular weight excluding hydrogens is 387 g/mol. The molecule has 0 atom stereocenters. The van der Waals surface area contributed by atoms with E-state index >= 15 is 0 Å². The van der Waals surface area contributed by atoms with Crippen LogP contribution < -0.4 is 9.62 Å². The lowest BCUT2D eigenvalue weighted by Gasteiger charge is -2.20. The first-order valence-electron chi connectivity index (χ1n) is 8.50. The van der Waals surface area contributed by atoms with Crippen molar-refractivity contribution in [1.82, 2.24) is 5.32 Å². The Bertz CT molecular complexity index is 871. The summed E-state index contributed by atoms with van der Waals surface area (Å²) in [5.74, 6) is 0.769. The van der Waals surface area contributed by atoms with Crippen molar-refractivity contribution in [2.75, 3.05) is 29.4 Å². The lowest BCUT2D eigenvalue weighted by atomic mass is 10.2. The van der Waals surface area contributed by atoms with Crippen LogP contribution in [0.3, 0.4) is 0 Å². The topological polar surface area (TPSA) is 66.5 Å². The summed E-state index contributed by atoms with van der Waals surface area (Å²) in [6.45, 7) is 2.54. The van der Waals surface area contributed by atoms with Crippen molar-refractivity contribution in [1.29, 1.82) is 0 Å². The van der Waals surface area contributed by atoms with Crippen molar-refractivity contribution in [3.8, 4) is 0 Å². The van der Waals surface area contributed by atoms with Crippen molar-refractivity contribution in [2.45, 2.75) is 12.7 Å². The van der Waals surface area contributed by atoms with Gasteiger partial charge >= 0.3 is 0 Å². The molecular formula is C19H23FN2O3S2. The number of rotatable bonds is 9. The maximum absolute atomic E-state index is 13.5. The van der Waals surface area contributed by atoms with E-state index in [0.29, 0.717) is 41.4 Å². The molecule has 27 heavy (non-hydrogen) atoms. The highest BCUT2D eigenvalue weighted by atomic mass is 32.2. The van der Waals surface area contributed by atoms with E-state index in [1.807, 2.05) is 0 Å². The molecule has 0 unspecified atom stereocenters. The molecule has 0 saturated heterocycles. The first-order chi connectivity index (χ1) is 12.8. The van der Waals surface area contributed by atoms with Gasteiger partial charge in [-0.2, -0.15) is 11.8 Å². The molecule has 0 spiro atoms. The fourth-order valence-corrected chi connectivity index (χ4v) is 4.34. The van der Waals surface area contributed by atoms with Gasteiger partial charge in [-0.1, -0.05) is 18.2 Å². The lowest BCUT2D eigenvalue weighted by Crippen LogP contribution is -2.29. The van der Waals surface area contributed by atoms with Crippen LogP contribution >= 0.6 is 11.8 Å². The van der Waals surface area contributed by atoms with Gasteiger partial charge in [-0.05, 0) is 42.8 Å². The van der Waals surface area contributed by atoms with Gasteiger partial charge in [-0.25, -0.2) is 12.8 Å². The molecule has 0 aliphatic carbocycles. The standard InChI is InChI=1S/C19H23FN2O3S2/c1-3-22(27(2,24)25)17-10-8-15(9-11-17)19(23)21-12-13-26-14-16-6-4-5-7-18(16)20/h4-11H,3,12-14H2,1-2H3,(H,21,23). The van der Waals surface area contributed by atoms with Gasteiger partial charge in [0.25, 0.3) is 5.91 Å². The van der Waals surface area contributed by atoms with Crippen molar-refractivity contribution in [3.05, 3.63) is 65.5 Å². The number of nitrogens with zero attached hydrogens (tertiary/aromatic N) is 1. The van der Waals surface area contributed by atoms with E-state index < -0.39 is 10.0 Å². The van der Waals surface area contributed by atoms with Gasteiger partial charge < -0.3 is 5.32 Å². The molecule has 1 amide bonds. The Morgan fingerprint density at radius 2 is 1.81 bits per heavy atom. The highest BCUT2D eigenvalue weighted by Crippen LogP contribution is 2.18. The number of nitrogens with one attached hydrogen (secondary N) is 1. The largest absolute Gasteiger partial charge is 0.351 e. The van der Waals surface area contributed by atoms with E-state index in [4.69, 9.17) is 0 Å². The number of carbonyl (C=O) groups excluding carboxylic acids is 1. The summed E-state index contributed by atoms with van der Waals surface area (Å²) in [6, 6.07) is 13.1. The first kappa shape index (κ1) is 21.2. The normalized spacial score (nSPS) is 11.2. The molecule has 0 radical (unpaired) electrons. The summed E-state index contributed by atoms with van der Waals surface area (Å²) in [5, 5.41) is 2.81. The van der Waals surface area contributed by atoms with E-state index in [1.165, 1.54) is 10.4 Å². The van der Waals surface area contributed by atoms with Crippen LogP contribution in [-0.4, -0.2) is 39.4 Å². The highest BCUT2D eigenvalue weighted by Gasteiger charge is 2.15. The van der Waals surface area contributed by atoms with E-state index in [-0.39, 0.29) is 11.7 Å². The van der Waals surface area contributed by atoms with E-state index in [2.05, 4.69) is 5.32 Å². The van der Waals surface area contributed by atoms with Crippen LogP contribution in [-0.2, 0) is 15.8 Å². The van der Waals surface area contributed by atoms with Crippen LogP contribution in [0.15, 0.2) is 48.5 Å². The number of benzene rings is 2. The maximum Gasteiger partial charge on any atom is 0.251 e. The van der Waals surface area contributed by atoms with Gasteiger partial charge in [0.15, 0.2) is 0 Å². The van der Waals surface area contributed by atoms with Crippen LogP contribution in [0.2, 0.25) is 0 Å². The van der Waals surface area contributed by atoms with Crippen LogP contribution in [0.5, 0.6) is 0 Å². The monoisotopic (exact) mass is 410 g/mol. The zero-order valence-electron chi connectivity index (χ0n) is 15.3. The molecule has 146 valence electrons. The molecule has 2 rings (SSSR count). The molecule has 0 fully saturated rings. The first-order valence-corrected chi connectivity index (χ1v) is 11.5. The Morgan fingerprint density at radius 3 is 2.41 bits per heavy atom. The Kier molecular flexibility index (Phi) is 7.67. The van der Waals surface area contributed by atoms with Crippen LogP contribution in [0.25, 0.3) is 0 Å². The Balaban J connectivity index is 1.81. The van der Waals surface area contributed by atoms with Gasteiger partial charge in [-0.15, -0.1) is 0 Å². The smallest absolute Gasteiger partial charge is 0.251 e. The fraction of sp³-hybridized carbons (Fsp3) is 0.316. The van der Waals surface area contributed by atoms with Crippen LogP contribution in [0.1, 0.15) is 22.8 Å². The van der Waals surface area contributed by atoms with Crippen molar-refractivity contribution < 1.29 is 17.6 Å². The SMILES string of the molecule is CCN(c1ccc(C(=O)NCCSCc2ccccc2F)cc1)S(C)(=O)=O. The third kappa shape index (κ3) is 6.25. The van der Waals surface area contributed by atoms with Gasteiger partial charge in [0.1, 0.15) is 5.82 Å². The molecule has 8 heteroatoms. The van der Waals surface area contributed by atoms with Gasteiger partial charge in [0, 0.05) is 30.2 Å². The molecule has 0 aliphatic rings. The number of thioether (sulfide) groups is 1. The van der Waals surface area contributed by atoms with Crippen LogP contribution in [0.4, 0.5) is 10.1 Å². The van der Waals surface area contributed by atoms with Gasteiger partial charge in [0.2, 0.25) is 10.0 Å². The minimum Gasteiger partial charge on any atom is -0.351 e. The lowest BCUT2D eigenvalue weighted by molar-refractivity contribution is 0.0956. The number of sulfonamides is 1. The zero-order chi connectivity index (χ0) is 19.9. The van der Waals surface area contributed by atoms with Gasteiger partial charge in [-0.3, -0.25) is 9.10 Å². The third-order valence-corrected chi connectivity index (χ3v) is 6.13. The van der Waals surface area contributed by atoms with E-state index in [9.17, 15) is 17.6 Å². The van der Waals surface area contributed by atoms with E-state index in [0.717, 1.165) is 6.26 Å². The Hall–Kier alpha value is -2.06. The quantitative estimate of drug-likeness (QED) is 0.645. The summed E-state index contributed by atoms with van der Waals surface area (Å²) in [7, 11) is -3.34. The summed E-state index contributed by atoms with van der Waals surface area (Å²) in [4.78, 5) is 12.2. The Labute approximate surface area is 164 Å². The maximum atomic E-state index is 13.5. The highest BCUT2D eigenvalue weighted by molar-refractivity contribution is 7.98. The second kappa shape index (κ2) is 9.75. The molecule has 5 nitrogen and oxygen atoms in total. The third-order valence-electron chi connectivity index (χ3n) is 3.85. The van der Waals surface area contributed by atoms with Crippen molar-refractivity contribution >= 4 is 33.4 Å². The van der Waals surface area contributed by atoms with Gasteiger partial charge in [0.05, 0.1) is 11.9 Å². The molecule has 2 aromatic carbocycles. The second-order valence-electron chi connectivity index (χ2n) is 5.87. The number of hydrogen-bond acceptors (Lipinski definition) is 4. The predicted octanol–water partition coefficient (Wildman–Crippen LogP) is 3.27. The Morgan fingerprint density at radius 1 is 1.15 bits per heavy atom. The number of amides is 1. The van der Waals surface area contributed by atoms with Crippen molar-refractivity contribution in [2.24, 2.45) is 0 Å². The average molecular weight is 411 g/mol. The molecule has 1 N–H and O–H groups in total. The average Bonchev–Trinajstić information content (AvgIpc) is 2.62. The number of halogens is 1.